The molecule has 2 nitrogen and oxygen atoms in total. The predicted molar refractivity (Wildman–Crippen MR) is 54.9 cm³/mol. The van der Waals surface area contributed by atoms with Crippen molar-refractivity contribution in [2.75, 3.05) is 0 Å². The van der Waals surface area contributed by atoms with Crippen molar-refractivity contribution in [1.29, 1.82) is 0 Å². The van der Waals surface area contributed by atoms with Crippen LogP contribution in [-0.2, 0) is 6.18 Å². The summed E-state index contributed by atoms with van der Waals surface area (Å²) < 4.78 is 37.3. The van der Waals surface area contributed by atoms with Gasteiger partial charge in [0.05, 0.1) is 6.20 Å². The molecule has 1 unspecified atom stereocenters. The lowest BCUT2D eigenvalue weighted by molar-refractivity contribution is -0.141. The van der Waals surface area contributed by atoms with Gasteiger partial charge >= 0.3 is 6.18 Å². The minimum Gasteiger partial charge on any atom is -0.164 e. The summed E-state index contributed by atoms with van der Waals surface area (Å²) in [5.41, 5.74) is -0.470. The lowest BCUT2D eigenvalue weighted by Gasteiger charge is -2.27. The van der Waals surface area contributed by atoms with E-state index in [0.29, 0.717) is 5.56 Å². The first-order chi connectivity index (χ1) is 7.12. The molecule has 0 radical (unpaired) electrons. The largest absolute Gasteiger partial charge is 0.435 e. The van der Waals surface area contributed by atoms with E-state index in [1.54, 1.807) is 0 Å². The zero-order valence-electron chi connectivity index (χ0n) is 9.76. The van der Waals surface area contributed by atoms with E-state index in [2.05, 4.69) is 10.2 Å². The molecule has 0 saturated heterocycles. The Kier molecular flexibility index (Phi) is 3.26. The van der Waals surface area contributed by atoms with Gasteiger partial charge < -0.3 is 0 Å². The molecule has 5 heteroatoms. The van der Waals surface area contributed by atoms with E-state index < -0.39 is 11.9 Å². The molecule has 16 heavy (non-hydrogen) atoms. The molecular formula is C11H15F3N2. The van der Waals surface area contributed by atoms with Crippen molar-refractivity contribution >= 4 is 0 Å². The minimum absolute atomic E-state index is 0.0101. The van der Waals surface area contributed by atoms with Crippen LogP contribution >= 0.6 is 0 Å². The van der Waals surface area contributed by atoms with Gasteiger partial charge in [-0.05, 0) is 23.0 Å². The van der Waals surface area contributed by atoms with Crippen molar-refractivity contribution in [1.82, 2.24) is 10.2 Å². The third kappa shape index (κ3) is 2.93. The number of aromatic nitrogens is 2. The average molecular weight is 232 g/mol. The second kappa shape index (κ2) is 4.03. The first-order valence-corrected chi connectivity index (χ1v) is 5.02. The lowest BCUT2D eigenvalue weighted by atomic mass is 9.78. The lowest BCUT2D eigenvalue weighted by Crippen LogP contribution is -2.17. The number of hydrogen-bond acceptors (Lipinski definition) is 2. The molecular weight excluding hydrogens is 217 g/mol. The van der Waals surface area contributed by atoms with Crippen molar-refractivity contribution in [3.05, 3.63) is 23.5 Å². The second-order valence-electron chi connectivity index (χ2n) is 4.96. The summed E-state index contributed by atoms with van der Waals surface area (Å²) in [4.78, 5) is 0. The number of alkyl halides is 3. The van der Waals surface area contributed by atoms with E-state index in [4.69, 9.17) is 0 Å². The van der Waals surface area contributed by atoms with E-state index in [1.807, 2.05) is 27.7 Å². The van der Waals surface area contributed by atoms with Gasteiger partial charge in [0, 0.05) is 0 Å². The van der Waals surface area contributed by atoms with Crippen molar-refractivity contribution in [3.63, 3.8) is 0 Å². The Morgan fingerprint density at radius 3 is 2.19 bits per heavy atom. The number of rotatable bonds is 1. The van der Waals surface area contributed by atoms with Crippen molar-refractivity contribution < 1.29 is 13.2 Å². The van der Waals surface area contributed by atoms with Gasteiger partial charge in [-0.1, -0.05) is 27.7 Å². The van der Waals surface area contributed by atoms with Crippen LogP contribution in [0.4, 0.5) is 13.2 Å². The standard InChI is InChI=1S/C11H15F3N2/c1-7(10(2,3)4)8-5-9(11(12,13)14)16-15-6-8/h5-7H,1-4H3. The third-order valence-electron chi connectivity index (χ3n) is 2.77. The van der Waals surface area contributed by atoms with Crippen molar-refractivity contribution in [2.24, 2.45) is 5.41 Å². The molecule has 0 bridgehead atoms. The second-order valence-corrected chi connectivity index (χ2v) is 4.96. The molecule has 0 aliphatic carbocycles. The number of nitrogens with zero attached hydrogens (tertiary/aromatic N) is 2. The highest BCUT2D eigenvalue weighted by atomic mass is 19.4. The van der Waals surface area contributed by atoms with Crippen LogP contribution in [0.25, 0.3) is 0 Å². The van der Waals surface area contributed by atoms with E-state index >= 15 is 0 Å². The quantitative estimate of drug-likeness (QED) is 0.738. The minimum atomic E-state index is -4.43. The molecule has 0 saturated carbocycles. The Bertz CT molecular complexity index is 366. The first kappa shape index (κ1) is 12.9. The smallest absolute Gasteiger partial charge is 0.164 e. The molecule has 1 aromatic heterocycles. The van der Waals surface area contributed by atoms with E-state index in [-0.39, 0.29) is 11.3 Å². The summed E-state index contributed by atoms with van der Waals surface area (Å²) in [5, 5.41) is 6.52. The normalized spacial score (nSPS) is 14.9. The van der Waals surface area contributed by atoms with Crippen LogP contribution in [0.5, 0.6) is 0 Å². The maximum absolute atomic E-state index is 12.4. The van der Waals surface area contributed by atoms with Crippen LogP contribution in [0.3, 0.4) is 0 Å². The summed E-state index contributed by atoms with van der Waals surface area (Å²) in [6, 6.07) is 1.07. The first-order valence-electron chi connectivity index (χ1n) is 5.02. The van der Waals surface area contributed by atoms with Crippen molar-refractivity contribution in [3.8, 4) is 0 Å². The van der Waals surface area contributed by atoms with Crippen LogP contribution in [0, 0.1) is 5.41 Å². The Balaban J connectivity index is 3.09. The Morgan fingerprint density at radius 2 is 1.75 bits per heavy atom. The molecule has 0 amide bonds. The van der Waals surface area contributed by atoms with Gasteiger partial charge in [-0.3, -0.25) is 0 Å². The van der Waals surface area contributed by atoms with Crippen LogP contribution in [0.15, 0.2) is 12.3 Å². The highest BCUT2D eigenvalue weighted by molar-refractivity contribution is 5.20. The number of hydrogen-bond donors (Lipinski definition) is 0. The maximum Gasteiger partial charge on any atom is 0.435 e. The maximum atomic E-state index is 12.4. The molecule has 90 valence electrons. The van der Waals surface area contributed by atoms with Gasteiger partial charge in [-0.25, -0.2) is 0 Å². The molecule has 0 aliphatic rings. The summed E-state index contributed by atoms with van der Waals surface area (Å²) in [6.07, 6.45) is -3.04. The zero-order chi connectivity index (χ0) is 12.6. The van der Waals surface area contributed by atoms with Crippen LogP contribution in [0.2, 0.25) is 0 Å². The highest BCUT2D eigenvalue weighted by Crippen LogP contribution is 2.36. The van der Waals surface area contributed by atoms with Gasteiger partial charge in [-0.15, -0.1) is 5.10 Å². The Morgan fingerprint density at radius 1 is 1.19 bits per heavy atom. The fourth-order valence-corrected chi connectivity index (χ4v) is 1.26. The van der Waals surface area contributed by atoms with Gasteiger partial charge in [0.1, 0.15) is 0 Å². The SMILES string of the molecule is CC(c1cnnc(C(F)(F)F)c1)C(C)(C)C. The van der Waals surface area contributed by atoms with Gasteiger partial charge in [0.2, 0.25) is 0 Å². The summed E-state index contributed by atoms with van der Waals surface area (Å²) in [5.74, 6) is -0.0101. The van der Waals surface area contributed by atoms with Crippen LogP contribution in [0.1, 0.15) is 44.9 Å². The van der Waals surface area contributed by atoms with Crippen molar-refractivity contribution in [2.45, 2.75) is 39.8 Å². The van der Waals surface area contributed by atoms with Crippen LogP contribution in [-0.4, -0.2) is 10.2 Å². The van der Waals surface area contributed by atoms with E-state index in [1.165, 1.54) is 6.20 Å². The highest BCUT2D eigenvalue weighted by Gasteiger charge is 2.34. The van der Waals surface area contributed by atoms with Gasteiger partial charge in [0.25, 0.3) is 0 Å². The van der Waals surface area contributed by atoms with Gasteiger partial charge in [0.15, 0.2) is 5.69 Å². The molecule has 1 heterocycles. The van der Waals surface area contributed by atoms with Crippen LogP contribution < -0.4 is 0 Å². The van der Waals surface area contributed by atoms with E-state index in [0.717, 1.165) is 6.07 Å². The Hall–Kier alpha value is -1.13. The molecule has 0 spiro atoms. The fourth-order valence-electron chi connectivity index (χ4n) is 1.26. The molecule has 1 aromatic rings. The zero-order valence-corrected chi connectivity index (χ0v) is 9.76. The molecule has 1 atom stereocenters. The molecule has 0 fully saturated rings. The van der Waals surface area contributed by atoms with E-state index in [9.17, 15) is 13.2 Å². The summed E-state index contributed by atoms with van der Waals surface area (Å²) in [7, 11) is 0. The monoisotopic (exact) mass is 232 g/mol. The molecule has 0 N–H and O–H groups in total. The molecule has 0 aliphatic heterocycles. The number of halogens is 3. The Labute approximate surface area is 92.9 Å². The molecule has 0 aromatic carbocycles. The summed E-state index contributed by atoms with van der Waals surface area (Å²) >= 11 is 0. The molecule has 1 rings (SSSR count). The van der Waals surface area contributed by atoms with Gasteiger partial charge in [-0.2, -0.15) is 18.3 Å². The summed E-state index contributed by atoms with van der Waals surface area (Å²) in [6.45, 7) is 7.82. The fraction of sp³-hybridized carbons (Fsp3) is 0.636. The topological polar surface area (TPSA) is 25.8 Å². The third-order valence-corrected chi connectivity index (χ3v) is 2.77. The average Bonchev–Trinajstić information content (AvgIpc) is 2.14. The predicted octanol–water partition coefficient (Wildman–Crippen LogP) is 3.65.